The number of nitrogens with one attached hydrogen (secondary N) is 1. The lowest BCUT2D eigenvalue weighted by molar-refractivity contribution is 0.644. The maximum atomic E-state index is 4.45. The fourth-order valence-electron chi connectivity index (χ4n) is 2.37. The molecule has 0 spiro atoms. The molecule has 0 aliphatic heterocycles. The number of rotatable bonds is 5. The van der Waals surface area contributed by atoms with Crippen molar-refractivity contribution in [3.63, 3.8) is 0 Å². The number of hydrogen-bond acceptors (Lipinski definition) is 3. The van der Waals surface area contributed by atoms with Crippen LogP contribution in [0.3, 0.4) is 0 Å². The van der Waals surface area contributed by atoms with Crippen molar-refractivity contribution < 1.29 is 0 Å². The molecule has 1 N–H and O–H groups in total. The lowest BCUT2D eigenvalue weighted by Crippen LogP contribution is -2.08. The molecule has 4 heteroatoms. The minimum Gasteiger partial charge on any atom is -0.376 e. The van der Waals surface area contributed by atoms with Crippen molar-refractivity contribution in [1.82, 2.24) is 14.5 Å². The van der Waals surface area contributed by atoms with Crippen molar-refractivity contribution in [2.24, 2.45) is 0 Å². The van der Waals surface area contributed by atoms with Crippen LogP contribution in [-0.4, -0.2) is 14.5 Å². The lowest BCUT2D eigenvalue weighted by atomic mass is 10.2. The van der Waals surface area contributed by atoms with Gasteiger partial charge in [0.25, 0.3) is 0 Å². The number of anilines is 1. The van der Waals surface area contributed by atoms with Gasteiger partial charge in [-0.05, 0) is 18.6 Å². The Labute approximate surface area is 118 Å². The number of imidazole rings is 1. The van der Waals surface area contributed by atoms with Crippen LogP contribution < -0.4 is 5.32 Å². The molecule has 3 rings (SSSR count). The normalized spacial score (nSPS) is 10.8. The van der Waals surface area contributed by atoms with E-state index in [0.29, 0.717) is 6.54 Å². The van der Waals surface area contributed by atoms with Crippen LogP contribution in [0.25, 0.3) is 10.9 Å². The fraction of sp³-hybridized carbons (Fsp3) is 0.250. The molecule has 2 heterocycles. The van der Waals surface area contributed by atoms with Crippen molar-refractivity contribution in [3.8, 4) is 0 Å². The highest BCUT2D eigenvalue weighted by Crippen LogP contribution is 2.21. The third-order valence-corrected chi connectivity index (χ3v) is 3.34. The molecule has 4 nitrogen and oxygen atoms in total. The van der Waals surface area contributed by atoms with Crippen LogP contribution in [0, 0.1) is 0 Å². The van der Waals surface area contributed by atoms with Crippen LogP contribution in [-0.2, 0) is 13.1 Å². The van der Waals surface area contributed by atoms with E-state index in [4.69, 9.17) is 0 Å². The van der Waals surface area contributed by atoms with E-state index < -0.39 is 0 Å². The van der Waals surface area contributed by atoms with Crippen LogP contribution in [0.4, 0.5) is 5.69 Å². The summed E-state index contributed by atoms with van der Waals surface area (Å²) in [4.78, 5) is 8.86. The van der Waals surface area contributed by atoms with Crippen LogP contribution >= 0.6 is 0 Å². The molecule has 0 amide bonds. The predicted octanol–water partition coefficient (Wildman–Crippen LogP) is 3.45. The van der Waals surface area contributed by atoms with Crippen molar-refractivity contribution in [2.45, 2.75) is 26.4 Å². The van der Waals surface area contributed by atoms with Gasteiger partial charge in [-0.2, -0.15) is 0 Å². The van der Waals surface area contributed by atoms with Gasteiger partial charge in [0.1, 0.15) is 5.82 Å². The highest BCUT2D eigenvalue weighted by molar-refractivity contribution is 5.90. The summed E-state index contributed by atoms with van der Waals surface area (Å²) < 4.78 is 2.19. The second-order valence-corrected chi connectivity index (χ2v) is 4.77. The number of aryl methyl sites for hydroxylation is 1. The van der Waals surface area contributed by atoms with Gasteiger partial charge in [-0.15, -0.1) is 0 Å². The van der Waals surface area contributed by atoms with Crippen molar-refractivity contribution in [1.29, 1.82) is 0 Å². The summed E-state index contributed by atoms with van der Waals surface area (Å²) in [6.07, 6.45) is 6.82. The SMILES string of the molecule is CCCn1ccnc1CNc1cccc2cccnc12. The standard InChI is InChI=1S/C16H18N4/c1-2-10-20-11-9-17-15(20)12-19-14-7-3-5-13-6-4-8-18-16(13)14/h3-9,11,19H,2,10,12H2,1H3. The van der Waals surface area contributed by atoms with E-state index in [-0.39, 0.29) is 0 Å². The molecular weight excluding hydrogens is 248 g/mol. The van der Waals surface area contributed by atoms with Gasteiger partial charge < -0.3 is 9.88 Å². The molecule has 0 saturated carbocycles. The first kappa shape index (κ1) is 12.7. The van der Waals surface area contributed by atoms with Crippen molar-refractivity contribution in [2.75, 3.05) is 5.32 Å². The number of nitrogens with zero attached hydrogens (tertiary/aromatic N) is 3. The monoisotopic (exact) mass is 266 g/mol. The van der Waals surface area contributed by atoms with E-state index in [1.54, 1.807) is 0 Å². The van der Waals surface area contributed by atoms with Crippen LogP contribution in [0.2, 0.25) is 0 Å². The van der Waals surface area contributed by atoms with E-state index in [2.05, 4.69) is 45.0 Å². The molecule has 0 aliphatic rings. The van der Waals surface area contributed by atoms with Gasteiger partial charge in [-0.25, -0.2) is 4.98 Å². The van der Waals surface area contributed by atoms with Crippen molar-refractivity contribution >= 4 is 16.6 Å². The smallest absolute Gasteiger partial charge is 0.128 e. The Morgan fingerprint density at radius 3 is 2.90 bits per heavy atom. The van der Waals surface area contributed by atoms with E-state index >= 15 is 0 Å². The predicted molar refractivity (Wildman–Crippen MR) is 81.6 cm³/mol. The zero-order valence-electron chi connectivity index (χ0n) is 11.6. The minimum atomic E-state index is 0.711. The number of para-hydroxylation sites is 1. The highest BCUT2D eigenvalue weighted by Gasteiger charge is 2.04. The first-order valence-corrected chi connectivity index (χ1v) is 6.96. The highest BCUT2D eigenvalue weighted by atomic mass is 15.1. The number of fused-ring (bicyclic) bond motifs is 1. The molecule has 0 aliphatic carbocycles. The quantitative estimate of drug-likeness (QED) is 0.769. The molecule has 0 bridgehead atoms. The third-order valence-electron chi connectivity index (χ3n) is 3.34. The summed E-state index contributed by atoms with van der Waals surface area (Å²) in [5.74, 6) is 1.06. The first-order valence-electron chi connectivity index (χ1n) is 6.96. The van der Waals surface area contributed by atoms with Gasteiger partial charge in [0.05, 0.1) is 17.7 Å². The zero-order valence-corrected chi connectivity index (χ0v) is 11.6. The molecule has 0 fully saturated rings. The van der Waals surface area contributed by atoms with Gasteiger partial charge in [-0.1, -0.05) is 25.1 Å². The van der Waals surface area contributed by atoms with Crippen LogP contribution in [0.5, 0.6) is 0 Å². The third kappa shape index (κ3) is 2.50. The zero-order chi connectivity index (χ0) is 13.8. The Morgan fingerprint density at radius 2 is 2.00 bits per heavy atom. The summed E-state index contributed by atoms with van der Waals surface area (Å²) in [6.45, 7) is 3.89. The molecule has 0 atom stereocenters. The van der Waals surface area contributed by atoms with Gasteiger partial charge >= 0.3 is 0 Å². The number of hydrogen-bond donors (Lipinski definition) is 1. The summed E-state index contributed by atoms with van der Waals surface area (Å²) in [5, 5.41) is 4.59. The number of benzene rings is 1. The van der Waals surface area contributed by atoms with Gasteiger partial charge in [0, 0.05) is 30.5 Å². The van der Waals surface area contributed by atoms with E-state index in [9.17, 15) is 0 Å². The maximum Gasteiger partial charge on any atom is 0.128 e. The topological polar surface area (TPSA) is 42.7 Å². The molecule has 3 aromatic rings. The molecule has 1 aromatic carbocycles. The maximum absolute atomic E-state index is 4.45. The van der Waals surface area contributed by atoms with Gasteiger partial charge in [0.2, 0.25) is 0 Å². The summed E-state index contributed by atoms with van der Waals surface area (Å²) in [5.41, 5.74) is 2.05. The van der Waals surface area contributed by atoms with Crippen LogP contribution in [0.15, 0.2) is 48.9 Å². The van der Waals surface area contributed by atoms with E-state index in [0.717, 1.165) is 35.4 Å². The van der Waals surface area contributed by atoms with E-state index in [1.807, 2.05) is 30.7 Å². The molecular formula is C16H18N4. The molecule has 20 heavy (non-hydrogen) atoms. The lowest BCUT2D eigenvalue weighted by Gasteiger charge is -2.10. The number of aromatic nitrogens is 3. The Balaban J connectivity index is 1.81. The Hall–Kier alpha value is -2.36. The number of pyridine rings is 1. The molecule has 0 saturated heterocycles. The van der Waals surface area contributed by atoms with Crippen molar-refractivity contribution in [3.05, 3.63) is 54.7 Å². The van der Waals surface area contributed by atoms with Gasteiger partial charge in [0.15, 0.2) is 0 Å². The first-order chi connectivity index (χ1) is 9.88. The molecule has 102 valence electrons. The average molecular weight is 266 g/mol. The van der Waals surface area contributed by atoms with Crippen LogP contribution in [0.1, 0.15) is 19.2 Å². The summed E-state index contributed by atoms with van der Waals surface area (Å²) in [6, 6.07) is 10.2. The fourth-order valence-corrected chi connectivity index (χ4v) is 2.37. The minimum absolute atomic E-state index is 0.711. The second-order valence-electron chi connectivity index (χ2n) is 4.77. The van der Waals surface area contributed by atoms with Gasteiger partial charge in [-0.3, -0.25) is 4.98 Å². The average Bonchev–Trinajstić information content (AvgIpc) is 2.93. The molecule has 0 radical (unpaired) electrons. The second kappa shape index (κ2) is 5.74. The summed E-state index contributed by atoms with van der Waals surface area (Å²) >= 11 is 0. The Morgan fingerprint density at radius 1 is 1.10 bits per heavy atom. The largest absolute Gasteiger partial charge is 0.376 e. The Bertz CT molecular complexity index is 697. The summed E-state index contributed by atoms with van der Waals surface area (Å²) in [7, 11) is 0. The van der Waals surface area contributed by atoms with E-state index in [1.165, 1.54) is 0 Å². The molecule has 2 aromatic heterocycles. The Kier molecular flexibility index (Phi) is 3.63. The molecule has 0 unspecified atom stereocenters.